The zero-order chi connectivity index (χ0) is 12.3. The number of rotatable bonds is 4. The van der Waals surface area contributed by atoms with Crippen LogP contribution in [0.1, 0.15) is 49.4 Å². The molecule has 0 fully saturated rings. The van der Waals surface area contributed by atoms with Crippen LogP contribution in [0.4, 0.5) is 0 Å². The molecule has 1 aromatic carbocycles. The van der Waals surface area contributed by atoms with E-state index in [4.69, 9.17) is 5.11 Å². The summed E-state index contributed by atoms with van der Waals surface area (Å²) >= 11 is 0. The lowest BCUT2D eigenvalue weighted by Crippen LogP contribution is -2.31. The molecule has 0 aromatic heterocycles. The van der Waals surface area contributed by atoms with E-state index in [1.807, 2.05) is 6.92 Å². The van der Waals surface area contributed by atoms with E-state index in [1.165, 1.54) is 42.4 Å². The minimum atomic E-state index is 0.154. The first kappa shape index (κ1) is 12.6. The first-order chi connectivity index (χ1) is 8.20. The Balaban J connectivity index is 2.10. The van der Waals surface area contributed by atoms with Crippen LogP contribution in [0.2, 0.25) is 0 Å². The molecule has 0 saturated heterocycles. The van der Waals surface area contributed by atoms with Gasteiger partial charge in [-0.15, -0.1) is 0 Å². The summed E-state index contributed by atoms with van der Waals surface area (Å²) in [7, 11) is 0. The van der Waals surface area contributed by atoms with Gasteiger partial charge in [0.2, 0.25) is 0 Å². The Morgan fingerprint density at radius 2 is 1.88 bits per heavy atom. The van der Waals surface area contributed by atoms with Crippen LogP contribution in [-0.4, -0.2) is 17.8 Å². The summed E-state index contributed by atoms with van der Waals surface area (Å²) in [4.78, 5) is 0. The van der Waals surface area contributed by atoms with E-state index in [0.717, 1.165) is 0 Å². The maximum Gasteiger partial charge on any atom is 0.0582 e. The van der Waals surface area contributed by atoms with Gasteiger partial charge >= 0.3 is 0 Å². The fraction of sp³-hybridized carbons (Fsp3) is 0.600. The number of hydrogen-bond donors (Lipinski definition) is 2. The number of fused-ring (bicyclic) bond motifs is 1. The predicted octanol–water partition coefficient (Wildman–Crippen LogP) is 2.60. The summed E-state index contributed by atoms with van der Waals surface area (Å²) in [5.74, 6) is 0. The Bertz CT molecular complexity index is 375. The average Bonchev–Trinajstić information content (AvgIpc) is 2.38. The van der Waals surface area contributed by atoms with E-state index < -0.39 is 0 Å². The van der Waals surface area contributed by atoms with Crippen molar-refractivity contribution in [1.82, 2.24) is 5.32 Å². The normalized spacial score (nSPS) is 18.5. The summed E-state index contributed by atoms with van der Waals surface area (Å²) in [5, 5.41) is 12.5. The van der Waals surface area contributed by atoms with Crippen LogP contribution < -0.4 is 5.32 Å². The Morgan fingerprint density at radius 1 is 1.18 bits per heavy atom. The summed E-state index contributed by atoms with van der Waals surface area (Å²) in [5.41, 5.74) is 4.40. The molecule has 17 heavy (non-hydrogen) atoms. The highest BCUT2D eigenvalue weighted by Crippen LogP contribution is 2.24. The first-order valence-corrected chi connectivity index (χ1v) is 6.69. The van der Waals surface area contributed by atoms with E-state index in [1.54, 1.807) is 0 Å². The molecule has 2 heteroatoms. The summed E-state index contributed by atoms with van der Waals surface area (Å²) in [6, 6.07) is 7.32. The summed E-state index contributed by atoms with van der Waals surface area (Å²) in [6.07, 6.45) is 5.13. The van der Waals surface area contributed by atoms with Crippen molar-refractivity contribution >= 4 is 0 Å². The van der Waals surface area contributed by atoms with Gasteiger partial charge in [0, 0.05) is 12.1 Å². The zero-order valence-corrected chi connectivity index (χ0v) is 10.9. The fourth-order valence-electron chi connectivity index (χ4n) is 2.60. The molecule has 1 aromatic rings. The van der Waals surface area contributed by atoms with Crippen molar-refractivity contribution in [3.05, 3.63) is 34.9 Å². The van der Waals surface area contributed by atoms with Gasteiger partial charge in [0.25, 0.3) is 0 Å². The van der Waals surface area contributed by atoms with E-state index in [-0.39, 0.29) is 12.6 Å². The van der Waals surface area contributed by atoms with Crippen LogP contribution in [0.15, 0.2) is 18.2 Å². The Labute approximate surface area is 104 Å². The van der Waals surface area contributed by atoms with Gasteiger partial charge in [-0.1, -0.05) is 18.2 Å². The molecule has 2 atom stereocenters. The van der Waals surface area contributed by atoms with E-state index in [0.29, 0.717) is 6.04 Å². The van der Waals surface area contributed by atoms with Crippen LogP contribution >= 0.6 is 0 Å². The quantitative estimate of drug-likeness (QED) is 0.838. The molecular weight excluding hydrogens is 210 g/mol. The van der Waals surface area contributed by atoms with Crippen LogP contribution in [0.5, 0.6) is 0 Å². The van der Waals surface area contributed by atoms with Crippen molar-refractivity contribution < 1.29 is 5.11 Å². The third-order valence-corrected chi connectivity index (χ3v) is 3.68. The number of aryl methyl sites for hydroxylation is 2. The Kier molecular flexibility index (Phi) is 4.19. The lowest BCUT2D eigenvalue weighted by molar-refractivity contribution is 0.243. The van der Waals surface area contributed by atoms with Gasteiger partial charge in [-0.2, -0.15) is 0 Å². The predicted molar refractivity (Wildman–Crippen MR) is 71.2 cm³/mol. The molecule has 2 rings (SSSR count). The zero-order valence-electron chi connectivity index (χ0n) is 10.9. The summed E-state index contributed by atoms with van der Waals surface area (Å²) < 4.78 is 0. The molecule has 0 amide bonds. The third-order valence-electron chi connectivity index (χ3n) is 3.68. The van der Waals surface area contributed by atoms with E-state index in [2.05, 4.69) is 30.4 Å². The Morgan fingerprint density at radius 3 is 2.59 bits per heavy atom. The standard InChI is InChI=1S/C15H23NO/c1-11(10-17)16-12(2)14-8-7-13-5-3-4-6-15(13)9-14/h7-9,11-12,16-17H,3-6,10H2,1-2H3. The van der Waals surface area contributed by atoms with Crippen molar-refractivity contribution in [3.63, 3.8) is 0 Å². The molecule has 0 radical (unpaired) electrons. The van der Waals surface area contributed by atoms with Crippen molar-refractivity contribution in [1.29, 1.82) is 0 Å². The molecule has 2 unspecified atom stereocenters. The fourth-order valence-corrected chi connectivity index (χ4v) is 2.60. The van der Waals surface area contributed by atoms with Gasteiger partial charge in [0.15, 0.2) is 0 Å². The van der Waals surface area contributed by atoms with Gasteiger partial charge in [-0.3, -0.25) is 0 Å². The van der Waals surface area contributed by atoms with Crippen LogP contribution in [-0.2, 0) is 12.8 Å². The minimum absolute atomic E-state index is 0.154. The van der Waals surface area contributed by atoms with E-state index in [9.17, 15) is 0 Å². The largest absolute Gasteiger partial charge is 0.395 e. The monoisotopic (exact) mass is 233 g/mol. The first-order valence-electron chi connectivity index (χ1n) is 6.69. The minimum Gasteiger partial charge on any atom is -0.395 e. The van der Waals surface area contributed by atoms with Crippen molar-refractivity contribution in [2.24, 2.45) is 0 Å². The van der Waals surface area contributed by atoms with Crippen LogP contribution in [0.3, 0.4) is 0 Å². The number of benzene rings is 1. The molecule has 2 nitrogen and oxygen atoms in total. The highest BCUT2D eigenvalue weighted by molar-refractivity contribution is 5.35. The molecular formula is C15H23NO. The highest BCUT2D eigenvalue weighted by atomic mass is 16.3. The van der Waals surface area contributed by atoms with E-state index >= 15 is 0 Å². The second-order valence-electron chi connectivity index (χ2n) is 5.21. The lowest BCUT2D eigenvalue weighted by Gasteiger charge is -2.22. The second kappa shape index (κ2) is 5.65. The Hall–Kier alpha value is -0.860. The molecule has 0 aliphatic heterocycles. The molecule has 0 bridgehead atoms. The maximum atomic E-state index is 9.06. The summed E-state index contributed by atoms with van der Waals surface area (Å²) in [6.45, 7) is 4.36. The smallest absolute Gasteiger partial charge is 0.0582 e. The van der Waals surface area contributed by atoms with Crippen LogP contribution in [0, 0.1) is 0 Å². The SMILES string of the molecule is CC(CO)NC(C)c1ccc2c(c1)CCCC2. The van der Waals surface area contributed by atoms with Crippen molar-refractivity contribution in [2.45, 2.75) is 51.6 Å². The van der Waals surface area contributed by atoms with Gasteiger partial charge < -0.3 is 10.4 Å². The van der Waals surface area contributed by atoms with Gasteiger partial charge in [-0.05, 0) is 56.2 Å². The van der Waals surface area contributed by atoms with Gasteiger partial charge in [-0.25, -0.2) is 0 Å². The van der Waals surface area contributed by atoms with Gasteiger partial charge in [0.05, 0.1) is 6.61 Å². The highest BCUT2D eigenvalue weighted by Gasteiger charge is 2.13. The maximum absolute atomic E-state index is 9.06. The topological polar surface area (TPSA) is 32.3 Å². The molecule has 0 saturated carbocycles. The van der Waals surface area contributed by atoms with Crippen molar-refractivity contribution in [2.75, 3.05) is 6.61 Å². The molecule has 2 N–H and O–H groups in total. The molecule has 1 aliphatic rings. The molecule has 94 valence electrons. The van der Waals surface area contributed by atoms with Crippen molar-refractivity contribution in [3.8, 4) is 0 Å². The third kappa shape index (κ3) is 3.08. The molecule has 0 spiro atoms. The molecule has 1 aliphatic carbocycles. The number of nitrogens with one attached hydrogen (secondary N) is 1. The number of aliphatic hydroxyl groups is 1. The van der Waals surface area contributed by atoms with Crippen LogP contribution in [0.25, 0.3) is 0 Å². The van der Waals surface area contributed by atoms with Gasteiger partial charge in [0.1, 0.15) is 0 Å². The number of hydrogen-bond acceptors (Lipinski definition) is 2. The average molecular weight is 233 g/mol. The number of aliphatic hydroxyl groups excluding tert-OH is 1. The second-order valence-corrected chi connectivity index (χ2v) is 5.21. The molecule has 0 heterocycles. The lowest BCUT2D eigenvalue weighted by atomic mass is 9.89.